The summed E-state index contributed by atoms with van der Waals surface area (Å²) >= 11 is 0. The number of nitrogens with zero attached hydrogens (tertiary/aromatic N) is 2. The number of hydroxylamine groups is 2. The fourth-order valence-electron chi connectivity index (χ4n) is 1.65. The van der Waals surface area contributed by atoms with Gasteiger partial charge in [0.15, 0.2) is 0 Å². The summed E-state index contributed by atoms with van der Waals surface area (Å²) in [6.07, 6.45) is 2.85. The minimum absolute atomic E-state index is 0.0720. The van der Waals surface area contributed by atoms with Gasteiger partial charge in [-0.15, -0.1) is 0 Å². The number of likely N-dealkylation sites (N-methyl/N-ethyl adjacent to an activating group) is 1. The van der Waals surface area contributed by atoms with E-state index in [2.05, 4.69) is 33.9 Å². The van der Waals surface area contributed by atoms with Crippen LogP contribution in [0.25, 0.3) is 0 Å². The average Bonchev–Trinajstić information content (AvgIpc) is 2.48. The molecule has 0 radical (unpaired) electrons. The molecule has 1 atom stereocenters. The number of hydrogen-bond donors (Lipinski definition) is 0. The first-order valence-electron chi connectivity index (χ1n) is 9.16. The Balaban J connectivity index is 5.32. The van der Waals surface area contributed by atoms with E-state index in [9.17, 15) is 9.59 Å². The Kier molecular flexibility index (Phi) is 9.04. The van der Waals surface area contributed by atoms with E-state index in [-0.39, 0.29) is 23.5 Å². The molecule has 0 spiro atoms. The van der Waals surface area contributed by atoms with Gasteiger partial charge in [-0.2, -0.15) is 0 Å². The molecule has 158 valence electrons. The van der Waals surface area contributed by atoms with E-state index in [0.717, 1.165) is 5.06 Å². The van der Waals surface area contributed by atoms with Crippen LogP contribution in [0.4, 0.5) is 4.79 Å². The second-order valence-corrected chi connectivity index (χ2v) is 13.9. The molecule has 0 heterocycles. The van der Waals surface area contributed by atoms with Crippen molar-refractivity contribution in [3.63, 3.8) is 0 Å². The highest BCUT2D eigenvalue weighted by molar-refractivity contribution is 6.74. The molecular weight excluding hydrogens is 364 g/mol. The van der Waals surface area contributed by atoms with Crippen LogP contribution in [0.3, 0.4) is 0 Å². The number of rotatable bonds is 7. The first-order chi connectivity index (χ1) is 12.0. The third-order valence-corrected chi connectivity index (χ3v) is 8.91. The van der Waals surface area contributed by atoms with Crippen molar-refractivity contribution in [3.8, 4) is 0 Å². The SMILES string of the molecule is CON(C)C(=O)CN(C(=O)OC(C)(C)C)[C@@H](C)C=CO[Si](C)(C)C(C)(C)C. The van der Waals surface area contributed by atoms with Crippen LogP contribution in [0, 0.1) is 0 Å². The molecule has 0 fully saturated rings. The molecule has 0 aromatic rings. The second kappa shape index (κ2) is 9.59. The molecule has 2 amide bonds. The summed E-state index contributed by atoms with van der Waals surface area (Å²) in [6, 6.07) is -0.390. The van der Waals surface area contributed by atoms with E-state index >= 15 is 0 Å². The first-order valence-corrected chi connectivity index (χ1v) is 12.1. The normalized spacial score (nSPS) is 14.0. The van der Waals surface area contributed by atoms with Crippen LogP contribution in [0.2, 0.25) is 18.1 Å². The molecule has 0 saturated carbocycles. The maximum Gasteiger partial charge on any atom is 0.411 e. The largest absolute Gasteiger partial charge is 0.549 e. The Labute approximate surface area is 165 Å². The van der Waals surface area contributed by atoms with Crippen molar-refractivity contribution in [2.45, 2.75) is 78.2 Å². The lowest BCUT2D eigenvalue weighted by molar-refractivity contribution is -0.169. The molecule has 8 heteroatoms. The molecule has 0 aliphatic rings. The minimum atomic E-state index is -1.94. The highest BCUT2D eigenvalue weighted by atomic mass is 28.4. The lowest BCUT2D eigenvalue weighted by atomic mass is 10.2. The van der Waals surface area contributed by atoms with E-state index in [1.807, 2.05) is 6.92 Å². The van der Waals surface area contributed by atoms with Crippen LogP contribution < -0.4 is 0 Å². The predicted octanol–water partition coefficient (Wildman–Crippen LogP) is 4.17. The van der Waals surface area contributed by atoms with Gasteiger partial charge in [-0.1, -0.05) is 20.8 Å². The molecule has 0 aliphatic heterocycles. The highest BCUT2D eigenvalue weighted by Gasteiger charge is 2.38. The first kappa shape index (κ1) is 25.5. The number of carbonyl (C=O) groups is 2. The summed E-state index contributed by atoms with van der Waals surface area (Å²) in [5.74, 6) is -0.353. The Morgan fingerprint density at radius 2 is 1.63 bits per heavy atom. The summed E-state index contributed by atoms with van der Waals surface area (Å²) in [5, 5.41) is 1.16. The molecular formula is C19H38N2O5Si. The lowest BCUT2D eigenvalue weighted by Gasteiger charge is -2.35. The van der Waals surface area contributed by atoms with Gasteiger partial charge in [0.2, 0.25) is 8.32 Å². The maximum absolute atomic E-state index is 12.6. The van der Waals surface area contributed by atoms with Crippen LogP contribution in [0.15, 0.2) is 12.3 Å². The molecule has 27 heavy (non-hydrogen) atoms. The second-order valence-electron chi connectivity index (χ2n) is 9.13. The molecule has 0 saturated heterocycles. The number of ether oxygens (including phenoxy) is 1. The van der Waals surface area contributed by atoms with Crippen molar-refractivity contribution >= 4 is 20.3 Å². The Morgan fingerprint density at radius 1 is 1.11 bits per heavy atom. The summed E-state index contributed by atoms with van der Waals surface area (Å²) < 4.78 is 11.5. The van der Waals surface area contributed by atoms with Gasteiger partial charge in [-0.25, -0.2) is 9.86 Å². The molecule has 0 aromatic carbocycles. The topological polar surface area (TPSA) is 68.3 Å². The van der Waals surface area contributed by atoms with E-state index < -0.39 is 20.0 Å². The number of amides is 2. The molecule has 0 aromatic heterocycles. The Bertz CT molecular complexity index is 535. The van der Waals surface area contributed by atoms with E-state index in [1.165, 1.54) is 19.1 Å². The van der Waals surface area contributed by atoms with Gasteiger partial charge in [-0.3, -0.25) is 14.5 Å². The van der Waals surface area contributed by atoms with E-state index in [1.54, 1.807) is 33.1 Å². The summed E-state index contributed by atoms with van der Waals surface area (Å²) in [7, 11) is 0.947. The predicted molar refractivity (Wildman–Crippen MR) is 110 cm³/mol. The fraction of sp³-hybridized carbons (Fsp3) is 0.789. The highest BCUT2D eigenvalue weighted by Crippen LogP contribution is 2.36. The monoisotopic (exact) mass is 402 g/mol. The third-order valence-electron chi connectivity index (χ3n) is 4.58. The Hall–Kier alpha value is -1.54. The van der Waals surface area contributed by atoms with Gasteiger partial charge in [0.25, 0.3) is 5.91 Å². The maximum atomic E-state index is 12.6. The van der Waals surface area contributed by atoms with Gasteiger partial charge in [-0.05, 0) is 51.9 Å². The van der Waals surface area contributed by atoms with Gasteiger partial charge in [0.1, 0.15) is 12.1 Å². The molecule has 0 bridgehead atoms. The van der Waals surface area contributed by atoms with Crippen molar-refractivity contribution < 1.29 is 23.6 Å². The van der Waals surface area contributed by atoms with Crippen LogP contribution in [-0.2, 0) is 18.8 Å². The minimum Gasteiger partial charge on any atom is -0.549 e. The zero-order chi connectivity index (χ0) is 21.6. The summed E-state index contributed by atoms with van der Waals surface area (Å²) in [6.45, 7) is 17.8. The van der Waals surface area contributed by atoms with Crippen molar-refractivity contribution in [2.24, 2.45) is 0 Å². The summed E-state index contributed by atoms with van der Waals surface area (Å²) in [5.41, 5.74) is -0.660. The van der Waals surface area contributed by atoms with E-state index in [4.69, 9.17) is 14.0 Å². The Morgan fingerprint density at radius 3 is 2.04 bits per heavy atom. The molecule has 0 N–H and O–H groups in total. The van der Waals surface area contributed by atoms with Crippen molar-refractivity contribution in [1.82, 2.24) is 9.96 Å². The lowest BCUT2D eigenvalue weighted by Crippen LogP contribution is -2.47. The third kappa shape index (κ3) is 8.79. The smallest absolute Gasteiger partial charge is 0.411 e. The zero-order valence-electron chi connectivity index (χ0n) is 18.9. The number of carbonyl (C=O) groups excluding carboxylic acids is 2. The van der Waals surface area contributed by atoms with Gasteiger partial charge >= 0.3 is 6.09 Å². The van der Waals surface area contributed by atoms with Crippen LogP contribution >= 0.6 is 0 Å². The van der Waals surface area contributed by atoms with Crippen LogP contribution in [-0.4, -0.2) is 62.6 Å². The molecule has 0 unspecified atom stereocenters. The van der Waals surface area contributed by atoms with Crippen molar-refractivity contribution in [1.29, 1.82) is 0 Å². The molecule has 0 aliphatic carbocycles. The quantitative estimate of drug-likeness (QED) is 0.363. The number of hydrogen-bond acceptors (Lipinski definition) is 5. The molecule has 0 rings (SSSR count). The average molecular weight is 403 g/mol. The zero-order valence-corrected chi connectivity index (χ0v) is 19.9. The molecule has 7 nitrogen and oxygen atoms in total. The van der Waals surface area contributed by atoms with Crippen molar-refractivity contribution in [2.75, 3.05) is 20.7 Å². The van der Waals surface area contributed by atoms with Crippen LogP contribution in [0.1, 0.15) is 48.5 Å². The fourth-order valence-corrected chi connectivity index (χ4v) is 2.42. The van der Waals surface area contributed by atoms with Gasteiger partial charge in [0, 0.05) is 7.05 Å². The van der Waals surface area contributed by atoms with E-state index in [0.29, 0.717) is 0 Å². The van der Waals surface area contributed by atoms with Crippen LogP contribution in [0.5, 0.6) is 0 Å². The summed E-state index contributed by atoms with van der Waals surface area (Å²) in [4.78, 5) is 31.1. The standard InChI is InChI=1S/C19H38N2O5Si/c1-15(12-13-25-27(10,11)19(5,6)7)21(14-16(22)20(8)24-9)17(23)26-18(2,3)4/h12-13,15H,14H2,1-11H3/t15-/m0/s1. The van der Waals surface area contributed by atoms with Gasteiger partial charge in [0.05, 0.1) is 19.4 Å². The van der Waals surface area contributed by atoms with Crippen molar-refractivity contribution in [3.05, 3.63) is 12.3 Å². The van der Waals surface area contributed by atoms with Gasteiger partial charge < -0.3 is 9.16 Å².